The second kappa shape index (κ2) is 10.3. The first-order valence-electron chi connectivity index (χ1n) is 15.3. The van der Waals surface area contributed by atoms with Crippen molar-refractivity contribution in [3.63, 3.8) is 0 Å². The largest absolute Gasteiger partial charge is 0.278 e. The van der Waals surface area contributed by atoms with Gasteiger partial charge in [0, 0.05) is 21.7 Å². The van der Waals surface area contributed by atoms with Crippen LogP contribution in [0.4, 0.5) is 0 Å². The van der Waals surface area contributed by atoms with Crippen molar-refractivity contribution in [2.24, 2.45) is 0 Å². The van der Waals surface area contributed by atoms with E-state index in [1.807, 2.05) is 6.07 Å². The molecule has 3 heteroatoms. The molecule has 0 radical (unpaired) electrons. The van der Waals surface area contributed by atoms with Crippen LogP contribution in [0, 0.1) is 0 Å². The molecule has 9 rings (SSSR count). The minimum absolute atomic E-state index is 0.669. The predicted octanol–water partition coefficient (Wildman–Crippen LogP) is 10.9. The predicted molar refractivity (Wildman–Crippen MR) is 188 cm³/mol. The fraction of sp³-hybridized carbons (Fsp3) is 0. The van der Waals surface area contributed by atoms with Gasteiger partial charge in [-0.15, -0.1) is 0 Å². The standard InChI is InChI=1S/C42H27N3/c1-2-13-28(14-3-1)32-22-11-15-29-16-12-23-33(40(29)32)30-17-10-18-31(27-30)41-36-21-4-7-24-37(36)43-42(44-41)45-38-25-8-5-19-34(38)35-20-6-9-26-39(35)45/h1-27H. The zero-order valence-electron chi connectivity index (χ0n) is 24.4. The molecule has 2 aromatic heterocycles. The molecule has 7 aromatic carbocycles. The van der Waals surface area contributed by atoms with Crippen molar-refractivity contribution in [3.05, 3.63) is 164 Å². The molecule has 0 saturated carbocycles. The summed E-state index contributed by atoms with van der Waals surface area (Å²) >= 11 is 0. The van der Waals surface area contributed by atoms with Gasteiger partial charge in [-0.25, -0.2) is 9.97 Å². The topological polar surface area (TPSA) is 30.7 Å². The number of rotatable bonds is 4. The maximum atomic E-state index is 5.33. The van der Waals surface area contributed by atoms with Crippen molar-refractivity contribution in [1.29, 1.82) is 0 Å². The summed E-state index contributed by atoms with van der Waals surface area (Å²) in [4.78, 5) is 10.5. The Hall–Kier alpha value is -6.06. The van der Waals surface area contributed by atoms with Crippen LogP contribution in [0.25, 0.3) is 82.9 Å². The van der Waals surface area contributed by atoms with Gasteiger partial charge >= 0.3 is 0 Å². The van der Waals surface area contributed by atoms with E-state index in [9.17, 15) is 0 Å². The van der Waals surface area contributed by atoms with Crippen molar-refractivity contribution in [2.75, 3.05) is 0 Å². The average molecular weight is 574 g/mol. The second-order valence-corrected chi connectivity index (χ2v) is 11.4. The van der Waals surface area contributed by atoms with Crippen LogP contribution < -0.4 is 0 Å². The number of nitrogens with zero attached hydrogens (tertiary/aromatic N) is 3. The fourth-order valence-electron chi connectivity index (χ4n) is 6.80. The van der Waals surface area contributed by atoms with Crippen molar-refractivity contribution < 1.29 is 0 Å². The Kier molecular flexibility index (Phi) is 5.82. The van der Waals surface area contributed by atoms with Crippen LogP contribution in [0.1, 0.15) is 0 Å². The quantitative estimate of drug-likeness (QED) is 0.210. The smallest absolute Gasteiger partial charge is 0.235 e. The highest BCUT2D eigenvalue weighted by molar-refractivity contribution is 6.09. The van der Waals surface area contributed by atoms with Gasteiger partial charge in [-0.05, 0) is 57.3 Å². The van der Waals surface area contributed by atoms with Crippen LogP contribution in [0.2, 0.25) is 0 Å². The maximum absolute atomic E-state index is 5.33. The molecule has 45 heavy (non-hydrogen) atoms. The van der Waals surface area contributed by atoms with E-state index in [1.54, 1.807) is 0 Å². The number of para-hydroxylation sites is 3. The van der Waals surface area contributed by atoms with Gasteiger partial charge in [-0.1, -0.05) is 140 Å². The second-order valence-electron chi connectivity index (χ2n) is 11.4. The Labute approximate surface area is 260 Å². The molecule has 0 aliphatic heterocycles. The molecule has 3 nitrogen and oxygen atoms in total. The van der Waals surface area contributed by atoms with E-state index in [0.29, 0.717) is 5.95 Å². The number of aromatic nitrogens is 3. The monoisotopic (exact) mass is 573 g/mol. The van der Waals surface area contributed by atoms with E-state index in [-0.39, 0.29) is 0 Å². The van der Waals surface area contributed by atoms with Gasteiger partial charge in [-0.3, -0.25) is 4.57 Å². The molecule has 0 spiro atoms. The molecule has 0 N–H and O–H groups in total. The highest BCUT2D eigenvalue weighted by Gasteiger charge is 2.17. The van der Waals surface area contributed by atoms with E-state index in [2.05, 4.69) is 162 Å². The fourth-order valence-corrected chi connectivity index (χ4v) is 6.80. The molecule has 0 bridgehead atoms. The molecule has 0 aliphatic rings. The molecular formula is C42H27N3. The van der Waals surface area contributed by atoms with Gasteiger partial charge in [0.05, 0.1) is 22.2 Å². The summed E-state index contributed by atoms with van der Waals surface area (Å²) in [7, 11) is 0. The molecule has 0 aliphatic carbocycles. The highest BCUT2D eigenvalue weighted by Crippen LogP contribution is 2.39. The van der Waals surface area contributed by atoms with Gasteiger partial charge in [-0.2, -0.15) is 0 Å². The molecule has 0 saturated heterocycles. The Morgan fingerprint density at radius 2 is 0.956 bits per heavy atom. The minimum Gasteiger partial charge on any atom is -0.278 e. The van der Waals surface area contributed by atoms with Crippen LogP contribution >= 0.6 is 0 Å². The molecular weight excluding hydrogens is 546 g/mol. The van der Waals surface area contributed by atoms with Crippen molar-refractivity contribution in [1.82, 2.24) is 14.5 Å². The van der Waals surface area contributed by atoms with Crippen molar-refractivity contribution >= 4 is 43.5 Å². The highest BCUT2D eigenvalue weighted by atomic mass is 15.2. The van der Waals surface area contributed by atoms with Gasteiger partial charge in [0.1, 0.15) is 0 Å². The van der Waals surface area contributed by atoms with Gasteiger partial charge in [0.25, 0.3) is 0 Å². The van der Waals surface area contributed by atoms with Crippen LogP contribution in [-0.4, -0.2) is 14.5 Å². The van der Waals surface area contributed by atoms with Gasteiger partial charge in [0.15, 0.2) is 0 Å². The van der Waals surface area contributed by atoms with E-state index < -0.39 is 0 Å². The third-order valence-electron chi connectivity index (χ3n) is 8.81. The first-order valence-corrected chi connectivity index (χ1v) is 15.3. The van der Waals surface area contributed by atoms with Gasteiger partial charge < -0.3 is 0 Å². The van der Waals surface area contributed by atoms with E-state index >= 15 is 0 Å². The third-order valence-corrected chi connectivity index (χ3v) is 8.81. The van der Waals surface area contributed by atoms with Crippen LogP contribution in [-0.2, 0) is 0 Å². The zero-order valence-corrected chi connectivity index (χ0v) is 24.4. The average Bonchev–Trinajstić information content (AvgIpc) is 3.45. The molecule has 9 aromatic rings. The normalized spacial score (nSPS) is 11.6. The zero-order chi connectivity index (χ0) is 29.7. The first kappa shape index (κ1) is 25.4. The van der Waals surface area contributed by atoms with E-state index in [1.165, 1.54) is 38.2 Å². The molecule has 0 fully saturated rings. The third kappa shape index (κ3) is 4.13. The lowest BCUT2D eigenvalue weighted by Crippen LogP contribution is -2.03. The molecule has 0 amide bonds. The molecule has 0 atom stereocenters. The lowest BCUT2D eigenvalue weighted by atomic mass is 9.90. The lowest BCUT2D eigenvalue weighted by molar-refractivity contribution is 1.01. The van der Waals surface area contributed by atoms with Crippen LogP contribution in [0.3, 0.4) is 0 Å². The van der Waals surface area contributed by atoms with Crippen LogP contribution in [0.15, 0.2) is 164 Å². The summed E-state index contributed by atoms with van der Waals surface area (Å²) in [5, 5.41) is 5.89. The number of hydrogen-bond donors (Lipinski definition) is 0. The molecule has 2 heterocycles. The Morgan fingerprint density at radius 3 is 1.69 bits per heavy atom. The van der Waals surface area contributed by atoms with Crippen molar-refractivity contribution in [3.8, 4) is 39.5 Å². The summed E-state index contributed by atoms with van der Waals surface area (Å²) in [6, 6.07) is 57.9. The lowest BCUT2D eigenvalue weighted by Gasteiger charge is -2.15. The number of hydrogen-bond acceptors (Lipinski definition) is 2. The first-order chi connectivity index (χ1) is 22.3. The van der Waals surface area contributed by atoms with E-state index in [0.717, 1.165) is 38.8 Å². The number of benzene rings is 7. The minimum atomic E-state index is 0.669. The van der Waals surface area contributed by atoms with Crippen LogP contribution in [0.5, 0.6) is 0 Å². The summed E-state index contributed by atoms with van der Waals surface area (Å²) in [6.07, 6.45) is 0. The van der Waals surface area contributed by atoms with Gasteiger partial charge in [0.2, 0.25) is 5.95 Å². The summed E-state index contributed by atoms with van der Waals surface area (Å²) < 4.78 is 2.20. The summed E-state index contributed by atoms with van der Waals surface area (Å²) in [5.74, 6) is 0.669. The molecule has 210 valence electrons. The Bertz CT molecular complexity index is 2480. The summed E-state index contributed by atoms with van der Waals surface area (Å²) in [6.45, 7) is 0. The Morgan fingerprint density at radius 1 is 0.400 bits per heavy atom. The SMILES string of the molecule is c1ccc(-c2cccc3cccc(-c4cccc(-c5nc(-n6c7ccccc7c7ccccc76)nc6ccccc56)c4)c23)cc1. The summed E-state index contributed by atoms with van der Waals surface area (Å²) in [5.41, 5.74) is 9.89. The van der Waals surface area contributed by atoms with Crippen molar-refractivity contribution in [2.45, 2.75) is 0 Å². The molecule has 0 unspecified atom stereocenters. The van der Waals surface area contributed by atoms with E-state index in [4.69, 9.17) is 9.97 Å². The Balaban J connectivity index is 1.28. The maximum Gasteiger partial charge on any atom is 0.235 e. The number of fused-ring (bicyclic) bond motifs is 5.